The third kappa shape index (κ3) is 5.67. The Morgan fingerprint density at radius 1 is 1.18 bits per heavy atom. The van der Waals surface area contributed by atoms with Crippen molar-refractivity contribution in [3.05, 3.63) is 60.6 Å². The maximum atomic E-state index is 14.7. The molecule has 0 saturated heterocycles. The van der Waals surface area contributed by atoms with Crippen molar-refractivity contribution in [3.63, 3.8) is 0 Å². The number of carbonyl (C=O) groups is 2. The van der Waals surface area contributed by atoms with Gasteiger partial charge in [0.05, 0.1) is 17.0 Å². The van der Waals surface area contributed by atoms with E-state index in [0.29, 0.717) is 5.71 Å². The summed E-state index contributed by atoms with van der Waals surface area (Å²) < 4.78 is 46.4. The van der Waals surface area contributed by atoms with Crippen molar-refractivity contribution in [3.8, 4) is 5.69 Å². The van der Waals surface area contributed by atoms with Crippen molar-refractivity contribution in [1.82, 2.24) is 9.24 Å². The van der Waals surface area contributed by atoms with E-state index in [1.807, 2.05) is 0 Å². The third-order valence-corrected chi connectivity index (χ3v) is 4.93. The standard InChI is InChI=1S/C19H17BrClF3N4O6/c1-8(2)26-34-16(31)18(3,4)33-15(30)9-5-12(11(22)6-10(9)20)27-14(29)7-13(19(21,23)24)28(25)17(27)32/h5-7H,25H2,1-4H3. The molecule has 2 rings (SSSR count). The van der Waals surface area contributed by atoms with Crippen molar-refractivity contribution in [2.45, 2.75) is 38.7 Å². The lowest BCUT2D eigenvalue weighted by atomic mass is 10.1. The highest BCUT2D eigenvalue weighted by Crippen LogP contribution is 2.30. The summed E-state index contributed by atoms with van der Waals surface area (Å²) in [5.41, 5.74) is -6.97. The van der Waals surface area contributed by atoms with Gasteiger partial charge in [0, 0.05) is 10.5 Å². The van der Waals surface area contributed by atoms with E-state index in [1.54, 1.807) is 13.8 Å². The van der Waals surface area contributed by atoms with E-state index in [4.69, 9.17) is 22.2 Å². The van der Waals surface area contributed by atoms with E-state index in [0.717, 1.165) is 12.1 Å². The van der Waals surface area contributed by atoms with Gasteiger partial charge in [0.15, 0.2) is 0 Å². The van der Waals surface area contributed by atoms with Gasteiger partial charge in [-0.3, -0.25) is 4.79 Å². The van der Waals surface area contributed by atoms with Crippen LogP contribution in [0.2, 0.25) is 0 Å². The van der Waals surface area contributed by atoms with Crippen LogP contribution < -0.4 is 17.1 Å². The molecule has 0 radical (unpaired) electrons. The van der Waals surface area contributed by atoms with Gasteiger partial charge in [-0.05, 0) is 67.4 Å². The van der Waals surface area contributed by atoms with Gasteiger partial charge < -0.3 is 15.4 Å². The van der Waals surface area contributed by atoms with Crippen molar-refractivity contribution >= 4 is 45.2 Å². The molecule has 0 aliphatic heterocycles. The van der Waals surface area contributed by atoms with Crippen LogP contribution in [-0.2, 0) is 19.8 Å². The highest BCUT2D eigenvalue weighted by molar-refractivity contribution is 9.10. The van der Waals surface area contributed by atoms with Crippen molar-refractivity contribution in [1.29, 1.82) is 0 Å². The normalized spacial score (nSPS) is 11.7. The Morgan fingerprint density at radius 3 is 2.29 bits per heavy atom. The number of rotatable bonds is 6. The smallest absolute Gasteiger partial charge is 0.377 e. The van der Waals surface area contributed by atoms with Crippen LogP contribution in [0.15, 0.2) is 37.4 Å². The van der Waals surface area contributed by atoms with Gasteiger partial charge >= 0.3 is 23.0 Å². The minimum atomic E-state index is -4.17. The first-order valence-corrected chi connectivity index (χ1v) is 10.3. The first-order valence-electron chi connectivity index (χ1n) is 9.14. The SMILES string of the molecule is CC(C)=NOC(=O)C(C)(C)OC(=O)c1cc(-n2c(=O)cc(C(F)(F)Cl)n(N)c2=O)c(F)cc1Br. The topological polar surface area (TPSA) is 135 Å². The number of ether oxygens (including phenoxy) is 1. The van der Waals surface area contributed by atoms with Crippen molar-refractivity contribution < 1.29 is 32.3 Å². The zero-order valence-electron chi connectivity index (χ0n) is 18.0. The summed E-state index contributed by atoms with van der Waals surface area (Å²) in [6.45, 7) is 5.52. The van der Waals surface area contributed by atoms with E-state index in [-0.39, 0.29) is 19.8 Å². The average Bonchev–Trinajstić information content (AvgIpc) is 2.68. The second kappa shape index (κ2) is 9.62. The highest BCUT2D eigenvalue weighted by atomic mass is 79.9. The third-order valence-electron chi connectivity index (χ3n) is 4.08. The number of aromatic nitrogens is 2. The Bertz CT molecular complexity index is 1310. The molecular formula is C19H17BrClF3N4O6. The molecule has 2 N–H and O–H groups in total. The van der Waals surface area contributed by atoms with Crippen LogP contribution in [0.25, 0.3) is 5.69 Å². The van der Waals surface area contributed by atoms with Gasteiger partial charge in [0.25, 0.3) is 5.56 Å². The van der Waals surface area contributed by atoms with Crippen LogP contribution in [-0.4, -0.2) is 32.5 Å². The Morgan fingerprint density at radius 2 is 1.76 bits per heavy atom. The number of nitrogens with zero attached hydrogens (tertiary/aromatic N) is 3. The van der Waals surface area contributed by atoms with E-state index < -0.39 is 56.9 Å². The molecule has 0 spiro atoms. The van der Waals surface area contributed by atoms with Crippen molar-refractivity contribution in [2.24, 2.45) is 5.16 Å². The summed E-state index contributed by atoms with van der Waals surface area (Å²) in [7, 11) is 0. The summed E-state index contributed by atoms with van der Waals surface area (Å²) in [4.78, 5) is 54.3. The zero-order chi connectivity index (χ0) is 26.2. The fourth-order valence-corrected chi connectivity index (χ4v) is 3.06. The molecule has 10 nitrogen and oxygen atoms in total. The number of hydrogen-bond donors (Lipinski definition) is 1. The molecular weight excluding hydrogens is 553 g/mol. The Kier molecular flexibility index (Phi) is 7.67. The lowest BCUT2D eigenvalue weighted by Gasteiger charge is -2.22. The van der Waals surface area contributed by atoms with E-state index in [2.05, 4.69) is 25.9 Å². The molecule has 1 aromatic heterocycles. The molecule has 0 atom stereocenters. The second-order valence-electron chi connectivity index (χ2n) is 7.45. The second-order valence-corrected chi connectivity index (χ2v) is 8.78. The molecule has 0 aliphatic carbocycles. The monoisotopic (exact) mass is 568 g/mol. The van der Waals surface area contributed by atoms with Crippen LogP contribution in [0.1, 0.15) is 43.7 Å². The minimum absolute atomic E-state index is 0.114. The number of alkyl halides is 3. The summed E-state index contributed by atoms with van der Waals surface area (Å²) >= 11 is 7.79. The van der Waals surface area contributed by atoms with Crippen LogP contribution in [0.5, 0.6) is 0 Å². The van der Waals surface area contributed by atoms with Gasteiger partial charge in [-0.1, -0.05) is 5.16 Å². The largest absolute Gasteiger partial charge is 0.444 e. The molecule has 1 aromatic carbocycles. The van der Waals surface area contributed by atoms with Gasteiger partial charge in [-0.2, -0.15) is 8.78 Å². The molecule has 15 heteroatoms. The van der Waals surface area contributed by atoms with E-state index in [1.165, 1.54) is 13.8 Å². The summed E-state index contributed by atoms with van der Waals surface area (Å²) in [5, 5.41) is -0.694. The number of esters is 1. The van der Waals surface area contributed by atoms with E-state index in [9.17, 15) is 32.3 Å². The number of halogens is 5. The molecule has 0 aliphatic rings. The number of oxime groups is 1. The fourth-order valence-electron chi connectivity index (χ4n) is 2.43. The maximum absolute atomic E-state index is 14.7. The zero-order valence-corrected chi connectivity index (χ0v) is 20.3. The van der Waals surface area contributed by atoms with Crippen LogP contribution in [0, 0.1) is 5.82 Å². The molecule has 0 bridgehead atoms. The number of carbonyl (C=O) groups excluding carboxylic acids is 2. The molecule has 2 aromatic rings. The highest BCUT2D eigenvalue weighted by Gasteiger charge is 2.36. The van der Waals surface area contributed by atoms with Crippen molar-refractivity contribution in [2.75, 3.05) is 5.84 Å². The molecule has 1 heterocycles. The van der Waals surface area contributed by atoms with E-state index >= 15 is 0 Å². The first-order chi connectivity index (χ1) is 15.5. The summed E-state index contributed by atoms with van der Waals surface area (Å²) in [5.74, 6) is 1.91. The first kappa shape index (κ1) is 27.1. The minimum Gasteiger partial charge on any atom is -0.444 e. The summed E-state index contributed by atoms with van der Waals surface area (Å²) in [6, 6.07) is 1.70. The molecule has 0 fully saturated rings. The predicted molar refractivity (Wildman–Crippen MR) is 118 cm³/mol. The van der Waals surface area contributed by atoms with Gasteiger partial charge in [0.2, 0.25) is 5.60 Å². The van der Waals surface area contributed by atoms with Gasteiger partial charge in [-0.25, -0.2) is 28.0 Å². The molecule has 0 saturated carbocycles. The number of benzene rings is 1. The molecule has 0 unspecified atom stereocenters. The molecule has 0 amide bonds. The van der Waals surface area contributed by atoms with Crippen LogP contribution >= 0.6 is 27.5 Å². The lowest BCUT2D eigenvalue weighted by Crippen LogP contribution is -2.45. The fraction of sp³-hybridized carbons (Fsp3) is 0.316. The Hall–Kier alpha value is -3.13. The maximum Gasteiger partial charge on any atom is 0.377 e. The number of nitrogen functional groups attached to an aromatic ring is 1. The molecule has 34 heavy (non-hydrogen) atoms. The quantitative estimate of drug-likeness (QED) is 0.141. The average molecular weight is 570 g/mol. The van der Waals surface area contributed by atoms with Gasteiger partial charge in [0.1, 0.15) is 11.5 Å². The predicted octanol–water partition coefficient (Wildman–Crippen LogP) is 2.78. The Balaban J connectivity index is 2.57. The summed E-state index contributed by atoms with van der Waals surface area (Å²) in [6.07, 6.45) is 0. The van der Waals surface area contributed by atoms with Crippen LogP contribution in [0.3, 0.4) is 0 Å². The lowest BCUT2D eigenvalue weighted by molar-refractivity contribution is -0.162. The Labute approximate surface area is 202 Å². The van der Waals surface area contributed by atoms with Gasteiger partial charge in [-0.15, -0.1) is 0 Å². The van der Waals surface area contributed by atoms with Crippen LogP contribution in [0.4, 0.5) is 13.2 Å². The number of hydrogen-bond acceptors (Lipinski definition) is 8. The number of nitrogens with two attached hydrogens (primary N) is 1. The molecule has 184 valence electrons.